The van der Waals surface area contributed by atoms with Crippen LogP contribution in [-0.2, 0) is 4.79 Å². The second-order valence-electron chi connectivity index (χ2n) is 3.81. The Bertz CT molecular complexity index is 369. The lowest BCUT2D eigenvalue weighted by Crippen LogP contribution is -2.36. The van der Waals surface area contributed by atoms with E-state index >= 15 is 0 Å². The van der Waals surface area contributed by atoms with Gasteiger partial charge < -0.3 is 4.74 Å². The van der Waals surface area contributed by atoms with E-state index in [-0.39, 0.29) is 5.91 Å². The minimum absolute atomic E-state index is 0.0160. The molecular formula is C12H17ClN2O2. The molecule has 0 atom stereocenters. The van der Waals surface area contributed by atoms with Crippen LogP contribution in [0.4, 0.5) is 0 Å². The predicted octanol–water partition coefficient (Wildman–Crippen LogP) is 2.09. The number of hydrogen-bond acceptors (Lipinski definition) is 3. The van der Waals surface area contributed by atoms with Crippen LogP contribution in [0.3, 0.4) is 0 Å². The van der Waals surface area contributed by atoms with Gasteiger partial charge in [0.2, 0.25) is 5.91 Å². The van der Waals surface area contributed by atoms with Gasteiger partial charge in [-0.05, 0) is 18.6 Å². The standard InChI is InChI=1S/C12H17ClN2O2/c1-15(2)14-12(16)8-5-9-17-11-7-4-3-6-10(11)13/h3-4,6-7H,5,8-9H2,1-2H3,(H,14,16). The molecular weight excluding hydrogens is 240 g/mol. The first-order valence-corrected chi connectivity index (χ1v) is 5.81. The molecule has 0 saturated heterocycles. The SMILES string of the molecule is CN(C)NC(=O)CCCOc1ccccc1Cl. The van der Waals surface area contributed by atoms with Crippen LogP contribution < -0.4 is 10.2 Å². The number of hydrogen-bond donors (Lipinski definition) is 1. The van der Waals surface area contributed by atoms with Crippen molar-refractivity contribution >= 4 is 17.5 Å². The number of amides is 1. The summed E-state index contributed by atoms with van der Waals surface area (Å²) in [6, 6.07) is 7.29. The lowest BCUT2D eigenvalue weighted by Gasteiger charge is -2.12. The van der Waals surface area contributed by atoms with Crippen LogP contribution in [-0.4, -0.2) is 31.6 Å². The highest BCUT2D eigenvalue weighted by Gasteiger charge is 2.03. The first kappa shape index (κ1) is 13.8. The molecule has 5 heteroatoms. The van der Waals surface area contributed by atoms with Crippen molar-refractivity contribution in [3.05, 3.63) is 29.3 Å². The molecule has 0 unspecified atom stereocenters. The van der Waals surface area contributed by atoms with Crippen LogP contribution in [0.25, 0.3) is 0 Å². The molecule has 1 aromatic carbocycles. The fourth-order valence-electron chi connectivity index (χ4n) is 1.28. The average molecular weight is 257 g/mol. The van der Waals surface area contributed by atoms with Crippen LogP contribution in [0.15, 0.2) is 24.3 Å². The average Bonchev–Trinajstić information content (AvgIpc) is 2.25. The summed E-state index contributed by atoms with van der Waals surface area (Å²) in [5.74, 6) is 0.639. The summed E-state index contributed by atoms with van der Waals surface area (Å²) in [6.07, 6.45) is 1.09. The molecule has 0 aliphatic rings. The van der Waals surface area contributed by atoms with Gasteiger partial charge in [-0.25, -0.2) is 5.01 Å². The third-order valence-electron chi connectivity index (χ3n) is 1.99. The van der Waals surface area contributed by atoms with E-state index in [1.54, 1.807) is 25.2 Å². The van der Waals surface area contributed by atoms with E-state index in [0.717, 1.165) is 0 Å². The Morgan fingerprint density at radius 1 is 1.41 bits per heavy atom. The molecule has 4 nitrogen and oxygen atoms in total. The van der Waals surface area contributed by atoms with Crippen molar-refractivity contribution in [2.75, 3.05) is 20.7 Å². The van der Waals surface area contributed by atoms with Crippen molar-refractivity contribution < 1.29 is 9.53 Å². The number of benzene rings is 1. The van der Waals surface area contributed by atoms with Gasteiger partial charge in [0.1, 0.15) is 5.75 Å². The molecule has 0 saturated carbocycles. The van der Waals surface area contributed by atoms with E-state index in [1.807, 2.05) is 18.2 Å². The van der Waals surface area contributed by atoms with Crippen molar-refractivity contribution in [2.24, 2.45) is 0 Å². The summed E-state index contributed by atoms with van der Waals surface area (Å²) < 4.78 is 5.47. The van der Waals surface area contributed by atoms with Crippen molar-refractivity contribution in [3.63, 3.8) is 0 Å². The number of halogens is 1. The van der Waals surface area contributed by atoms with E-state index in [9.17, 15) is 4.79 Å². The number of para-hydroxylation sites is 1. The first-order chi connectivity index (χ1) is 8.09. The number of rotatable bonds is 6. The molecule has 1 aromatic rings. The van der Waals surface area contributed by atoms with Crippen LogP contribution in [0.5, 0.6) is 5.75 Å². The molecule has 94 valence electrons. The summed E-state index contributed by atoms with van der Waals surface area (Å²) in [5.41, 5.74) is 2.67. The molecule has 1 amide bonds. The van der Waals surface area contributed by atoms with E-state index < -0.39 is 0 Å². The van der Waals surface area contributed by atoms with Crippen molar-refractivity contribution in [1.29, 1.82) is 0 Å². The van der Waals surface area contributed by atoms with Gasteiger partial charge in [-0.3, -0.25) is 10.2 Å². The monoisotopic (exact) mass is 256 g/mol. The van der Waals surface area contributed by atoms with E-state index in [0.29, 0.717) is 30.2 Å². The molecule has 0 aliphatic carbocycles. The van der Waals surface area contributed by atoms with Crippen LogP contribution >= 0.6 is 11.6 Å². The van der Waals surface area contributed by atoms with Crippen LogP contribution in [0, 0.1) is 0 Å². The minimum atomic E-state index is -0.0160. The Hall–Kier alpha value is -1.26. The molecule has 0 aliphatic heterocycles. The first-order valence-electron chi connectivity index (χ1n) is 5.43. The van der Waals surface area contributed by atoms with Crippen molar-refractivity contribution in [1.82, 2.24) is 10.4 Å². The van der Waals surface area contributed by atoms with E-state index in [2.05, 4.69) is 5.43 Å². The van der Waals surface area contributed by atoms with Gasteiger partial charge in [-0.15, -0.1) is 0 Å². The maximum atomic E-state index is 11.3. The highest BCUT2D eigenvalue weighted by atomic mass is 35.5. The minimum Gasteiger partial charge on any atom is -0.492 e. The van der Waals surface area contributed by atoms with Crippen molar-refractivity contribution in [2.45, 2.75) is 12.8 Å². The third kappa shape index (κ3) is 5.56. The number of carbonyl (C=O) groups excluding carboxylic acids is 1. The molecule has 0 aromatic heterocycles. The Morgan fingerprint density at radius 3 is 2.76 bits per heavy atom. The van der Waals surface area contributed by atoms with Gasteiger partial charge in [-0.2, -0.15) is 0 Å². The molecule has 0 spiro atoms. The molecule has 0 bridgehead atoms. The van der Waals surface area contributed by atoms with Gasteiger partial charge >= 0.3 is 0 Å². The van der Waals surface area contributed by atoms with Gasteiger partial charge in [0.15, 0.2) is 0 Å². The Labute approximate surface area is 106 Å². The third-order valence-corrected chi connectivity index (χ3v) is 2.30. The largest absolute Gasteiger partial charge is 0.492 e. The molecule has 0 heterocycles. The normalized spacial score (nSPS) is 10.4. The summed E-state index contributed by atoms with van der Waals surface area (Å²) in [6.45, 7) is 0.477. The van der Waals surface area contributed by atoms with Gasteiger partial charge in [-0.1, -0.05) is 23.7 Å². The fourth-order valence-corrected chi connectivity index (χ4v) is 1.47. The quantitative estimate of drug-likeness (QED) is 0.626. The highest BCUT2D eigenvalue weighted by Crippen LogP contribution is 2.23. The van der Waals surface area contributed by atoms with Gasteiger partial charge in [0.25, 0.3) is 0 Å². The number of hydrazine groups is 1. The molecule has 1 N–H and O–H groups in total. The summed E-state index contributed by atoms with van der Waals surface area (Å²) in [7, 11) is 3.55. The second-order valence-corrected chi connectivity index (χ2v) is 4.22. The molecule has 1 rings (SSSR count). The zero-order valence-electron chi connectivity index (χ0n) is 10.1. The molecule has 0 fully saturated rings. The maximum absolute atomic E-state index is 11.3. The molecule has 17 heavy (non-hydrogen) atoms. The van der Waals surface area contributed by atoms with Gasteiger partial charge in [0, 0.05) is 20.5 Å². The maximum Gasteiger partial charge on any atom is 0.234 e. The predicted molar refractivity (Wildman–Crippen MR) is 68.0 cm³/mol. The van der Waals surface area contributed by atoms with Gasteiger partial charge in [0.05, 0.1) is 11.6 Å². The summed E-state index contributed by atoms with van der Waals surface area (Å²) in [5, 5.41) is 2.21. The number of nitrogens with one attached hydrogen (secondary N) is 1. The highest BCUT2D eigenvalue weighted by molar-refractivity contribution is 6.32. The topological polar surface area (TPSA) is 41.6 Å². The van der Waals surface area contributed by atoms with E-state index in [1.165, 1.54) is 0 Å². The van der Waals surface area contributed by atoms with Crippen LogP contribution in [0.1, 0.15) is 12.8 Å². The number of ether oxygens (including phenoxy) is 1. The second kappa shape index (κ2) is 7.14. The summed E-state index contributed by atoms with van der Waals surface area (Å²) in [4.78, 5) is 11.3. The number of carbonyl (C=O) groups is 1. The fraction of sp³-hybridized carbons (Fsp3) is 0.417. The lowest BCUT2D eigenvalue weighted by atomic mass is 10.3. The summed E-state index contributed by atoms with van der Waals surface area (Å²) >= 11 is 5.92. The Balaban J connectivity index is 2.21. The Kier molecular flexibility index (Phi) is 5.80. The Morgan fingerprint density at radius 2 is 2.12 bits per heavy atom. The van der Waals surface area contributed by atoms with Crippen molar-refractivity contribution in [3.8, 4) is 5.75 Å². The zero-order chi connectivity index (χ0) is 12.7. The smallest absolute Gasteiger partial charge is 0.234 e. The van der Waals surface area contributed by atoms with Crippen LogP contribution in [0.2, 0.25) is 5.02 Å². The lowest BCUT2D eigenvalue weighted by molar-refractivity contribution is -0.125. The molecule has 0 radical (unpaired) electrons. The zero-order valence-corrected chi connectivity index (χ0v) is 10.8. The number of nitrogens with zero attached hydrogens (tertiary/aromatic N) is 1. The van der Waals surface area contributed by atoms with E-state index in [4.69, 9.17) is 16.3 Å².